The van der Waals surface area contributed by atoms with E-state index in [2.05, 4.69) is 15.0 Å². The van der Waals surface area contributed by atoms with Gasteiger partial charge in [0.25, 0.3) is 0 Å². The summed E-state index contributed by atoms with van der Waals surface area (Å²) < 4.78 is 5.04. The van der Waals surface area contributed by atoms with Gasteiger partial charge in [-0.2, -0.15) is 4.98 Å². The Morgan fingerprint density at radius 2 is 1.83 bits per heavy atom. The Balaban J connectivity index is 1.26. The highest BCUT2D eigenvalue weighted by molar-refractivity contribution is 5.79. The highest BCUT2D eigenvalue weighted by Crippen LogP contribution is 2.49. The van der Waals surface area contributed by atoms with E-state index < -0.39 is 0 Å². The summed E-state index contributed by atoms with van der Waals surface area (Å²) in [5.74, 6) is 4.68. The normalized spacial score (nSPS) is 31.5. The van der Waals surface area contributed by atoms with Gasteiger partial charge in [0.2, 0.25) is 11.8 Å². The third kappa shape index (κ3) is 3.43. The maximum atomic E-state index is 12.8. The van der Waals surface area contributed by atoms with Crippen molar-refractivity contribution < 1.29 is 9.32 Å². The van der Waals surface area contributed by atoms with Crippen LogP contribution in [0.25, 0.3) is 0 Å². The van der Waals surface area contributed by atoms with Gasteiger partial charge in [-0.05, 0) is 62.7 Å². The number of rotatable bonds is 3. The molecule has 1 aliphatic heterocycles. The van der Waals surface area contributed by atoms with Crippen LogP contribution in [0.15, 0.2) is 4.52 Å². The van der Waals surface area contributed by atoms with Crippen LogP contribution in [-0.4, -0.2) is 34.0 Å². The summed E-state index contributed by atoms with van der Waals surface area (Å²) in [4.78, 5) is 19.2. The van der Waals surface area contributed by atoms with Crippen molar-refractivity contribution in [3.8, 4) is 0 Å². The van der Waals surface area contributed by atoms with Crippen molar-refractivity contribution in [3.05, 3.63) is 11.7 Å². The van der Waals surface area contributed by atoms with Crippen LogP contribution in [0.3, 0.4) is 0 Å². The molecule has 126 valence electrons. The van der Waals surface area contributed by atoms with E-state index in [0.29, 0.717) is 23.6 Å². The summed E-state index contributed by atoms with van der Waals surface area (Å²) in [5, 5.41) is 3.99. The summed E-state index contributed by atoms with van der Waals surface area (Å²) in [6.07, 6.45) is 9.27. The minimum absolute atomic E-state index is 0.305. The molecular weight excluding hydrogens is 290 g/mol. The number of aromatic nitrogens is 2. The number of fused-ring (bicyclic) bond motifs is 1. The molecule has 1 amide bonds. The third-order valence-corrected chi connectivity index (χ3v) is 6.16. The molecule has 1 saturated heterocycles. The van der Waals surface area contributed by atoms with Crippen LogP contribution in [-0.2, 0) is 11.2 Å². The second-order valence-corrected chi connectivity index (χ2v) is 7.81. The first-order valence-electron chi connectivity index (χ1n) is 9.27. The molecule has 3 aliphatic rings. The van der Waals surface area contributed by atoms with Gasteiger partial charge in [-0.3, -0.25) is 4.79 Å². The number of amides is 1. The third-order valence-electron chi connectivity index (χ3n) is 6.16. The van der Waals surface area contributed by atoms with Crippen LogP contribution in [0.1, 0.15) is 56.7 Å². The fraction of sp³-hybridized carbons (Fsp3) is 0.833. The molecule has 3 fully saturated rings. The molecule has 2 heterocycles. The molecule has 0 bridgehead atoms. The van der Waals surface area contributed by atoms with Gasteiger partial charge in [-0.15, -0.1) is 0 Å². The second kappa shape index (κ2) is 6.25. The molecule has 2 aliphatic carbocycles. The summed E-state index contributed by atoms with van der Waals surface area (Å²) in [6.45, 7) is 3.64. The lowest BCUT2D eigenvalue weighted by atomic mass is 9.91. The van der Waals surface area contributed by atoms with E-state index in [4.69, 9.17) is 4.52 Å². The van der Waals surface area contributed by atoms with Gasteiger partial charge in [0.05, 0.1) is 0 Å². The van der Waals surface area contributed by atoms with Crippen molar-refractivity contribution in [1.82, 2.24) is 15.0 Å². The molecule has 1 unspecified atom stereocenters. The molecule has 3 atom stereocenters. The summed E-state index contributed by atoms with van der Waals surface area (Å²) in [7, 11) is 0. The number of hydrogen-bond acceptors (Lipinski definition) is 4. The Bertz CT molecular complexity index is 550. The quantitative estimate of drug-likeness (QED) is 0.860. The minimum Gasteiger partial charge on any atom is -0.342 e. The van der Waals surface area contributed by atoms with Crippen molar-refractivity contribution >= 4 is 5.91 Å². The number of likely N-dealkylation sites (tertiary alicyclic amines) is 1. The first-order chi connectivity index (χ1) is 11.2. The number of carbonyl (C=O) groups is 1. The highest BCUT2D eigenvalue weighted by atomic mass is 16.5. The van der Waals surface area contributed by atoms with Crippen LogP contribution in [0.4, 0.5) is 0 Å². The number of nitrogens with zero attached hydrogens (tertiary/aromatic N) is 3. The van der Waals surface area contributed by atoms with Crippen LogP contribution < -0.4 is 0 Å². The number of hydrogen-bond donors (Lipinski definition) is 0. The maximum Gasteiger partial charge on any atom is 0.225 e. The van der Waals surface area contributed by atoms with Gasteiger partial charge in [0.15, 0.2) is 5.82 Å². The number of aryl methyl sites for hydroxylation is 1. The minimum atomic E-state index is 0.305. The van der Waals surface area contributed by atoms with Gasteiger partial charge >= 0.3 is 0 Å². The second-order valence-electron chi connectivity index (χ2n) is 7.81. The van der Waals surface area contributed by atoms with E-state index >= 15 is 0 Å². The Hall–Kier alpha value is -1.39. The molecule has 5 nitrogen and oxygen atoms in total. The average molecular weight is 317 g/mol. The average Bonchev–Trinajstić information content (AvgIpc) is 3.22. The fourth-order valence-corrected chi connectivity index (χ4v) is 4.54. The molecule has 0 aromatic carbocycles. The van der Waals surface area contributed by atoms with E-state index in [-0.39, 0.29) is 0 Å². The summed E-state index contributed by atoms with van der Waals surface area (Å²) in [5.41, 5.74) is 0. The summed E-state index contributed by atoms with van der Waals surface area (Å²) >= 11 is 0. The van der Waals surface area contributed by atoms with E-state index in [0.717, 1.165) is 62.9 Å². The monoisotopic (exact) mass is 317 g/mol. The molecule has 0 N–H and O–H groups in total. The van der Waals surface area contributed by atoms with Crippen molar-refractivity contribution in [2.24, 2.45) is 23.7 Å². The van der Waals surface area contributed by atoms with Crippen LogP contribution in [0, 0.1) is 30.6 Å². The van der Waals surface area contributed by atoms with Gasteiger partial charge in [0, 0.05) is 32.4 Å². The smallest absolute Gasteiger partial charge is 0.225 e. The molecule has 1 aromatic heterocycles. The van der Waals surface area contributed by atoms with Crippen LogP contribution >= 0.6 is 0 Å². The molecule has 4 rings (SSSR count). The predicted octanol–water partition coefficient (Wildman–Crippen LogP) is 2.99. The molecule has 0 radical (unpaired) electrons. The van der Waals surface area contributed by atoms with E-state index in [1.165, 1.54) is 19.3 Å². The molecular formula is C18H27N3O2. The van der Waals surface area contributed by atoms with E-state index in [1.807, 2.05) is 6.92 Å². The van der Waals surface area contributed by atoms with Gasteiger partial charge in [-0.25, -0.2) is 0 Å². The first-order valence-corrected chi connectivity index (χ1v) is 9.27. The summed E-state index contributed by atoms with van der Waals surface area (Å²) in [6, 6.07) is 0. The van der Waals surface area contributed by atoms with Gasteiger partial charge in [-0.1, -0.05) is 5.16 Å². The zero-order valence-electron chi connectivity index (χ0n) is 14.0. The van der Waals surface area contributed by atoms with E-state index in [1.54, 1.807) is 0 Å². The van der Waals surface area contributed by atoms with Crippen LogP contribution in [0.5, 0.6) is 0 Å². The van der Waals surface area contributed by atoms with Gasteiger partial charge in [0.1, 0.15) is 0 Å². The zero-order chi connectivity index (χ0) is 15.8. The largest absolute Gasteiger partial charge is 0.342 e. The Kier molecular flexibility index (Phi) is 4.12. The van der Waals surface area contributed by atoms with Crippen LogP contribution in [0.2, 0.25) is 0 Å². The lowest BCUT2D eigenvalue weighted by Gasteiger charge is -2.34. The highest BCUT2D eigenvalue weighted by Gasteiger charge is 2.41. The van der Waals surface area contributed by atoms with Gasteiger partial charge < -0.3 is 9.42 Å². The molecule has 0 spiro atoms. The molecule has 2 saturated carbocycles. The predicted molar refractivity (Wildman–Crippen MR) is 85.6 cm³/mol. The molecule has 5 heteroatoms. The SMILES string of the molecule is Cc1nc(CC2CCN(C(=O)C3CC[C@@H]4C[C@@H]4CC3)CC2)no1. The van der Waals surface area contributed by atoms with Crippen molar-refractivity contribution in [1.29, 1.82) is 0 Å². The lowest BCUT2D eigenvalue weighted by molar-refractivity contribution is -0.137. The molecule has 1 aromatic rings. The maximum absolute atomic E-state index is 12.8. The Labute approximate surface area is 137 Å². The number of carbonyl (C=O) groups excluding carboxylic acids is 1. The van der Waals surface area contributed by atoms with Crippen molar-refractivity contribution in [2.45, 2.75) is 58.3 Å². The lowest BCUT2D eigenvalue weighted by Crippen LogP contribution is -2.42. The first kappa shape index (κ1) is 15.2. The zero-order valence-corrected chi connectivity index (χ0v) is 14.0. The topological polar surface area (TPSA) is 59.2 Å². The Morgan fingerprint density at radius 3 is 2.43 bits per heavy atom. The van der Waals surface area contributed by atoms with Crippen molar-refractivity contribution in [3.63, 3.8) is 0 Å². The Morgan fingerprint density at radius 1 is 1.13 bits per heavy atom. The standard InChI is InChI=1S/C18H27N3O2/c1-12-19-17(20-23-12)10-13-6-8-21(9-7-13)18(22)14-2-4-15-11-16(15)5-3-14/h13-16H,2-11H2,1H3/t14?,15-,16+. The number of piperidine rings is 1. The van der Waals surface area contributed by atoms with E-state index in [9.17, 15) is 4.79 Å². The molecule has 23 heavy (non-hydrogen) atoms. The van der Waals surface area contributed by atoms with Crippen molar-refractivity contribution in [2.75, 3.05) is 13.1 Å². The fourth-order valence-electron chi connectivity index (χ4n) is 4.54.